The number of carboxylic acids is 1. The van der Waals surface area contributed by atoms with E-state index >= 15 is 0 Å². The van der Waals surface area contributed by atoms with Crippen LogP contribution < -0.4 is 0 Å². The fourth-order valence-electron chi connectivity index (χ4n) is 1.84. The lowest BCUT2D eigenvalue weighted by Gasteiger charge is -2.30. The molecule has 0 saturated heterocycles. The Hall–Kier alpha value is -1.50. The van der Waals surface area contributed by atoms with Crippen LogP contribution in [0.5, 0.6) is 0 Å². The number of halogens is 2. The maximum atomic E-state index is 13.8. The molecule has 7 heteroatoms. The molecule has 0 saturated carbocycles. The van der Waals surface area contributed by atoms with Gasteiger partial charge in [0, 0.05) is 5.56 Å². The van der Waals surface area contributed by atoms with Gasteiger partial charge in [-0.3, -0.25) is 4.79 Å². The van der Waals surface area contributed by atoms with E-state index in [-0.39, 0.29) is 0 Å². The number of alkyl halides is 2. The summed E-state index contributed by atoms with van der Waals surface area (Å²) < 4.78 is 51.0. The van der Waals surface area contributed by atoms with Crippen LogP contribution in [-0.4, -0.2) is 25.2 Å². The first-order valence-electron chi connectivity index (χ1n) is 4.69. The van der Waals surface area contributed by atoms with E-state index in [0.717, 1.165) is 12.1 Å². The third kappa shape index (κ3) is 1.70. The van der Waals surface area contributed by atoms with E-state index in [2.05, 4.69) is 0 Å². The zero-order valence-corrected chi connectivity index (χ0v) is 9.25. The number of benzene rings is 1. The Labute approximate surface area is 95.8 Å². The van der Waals surface area contributed by atoms with Crippen molar-refractivity contribution >= 4 is 15.8 Å². The van der Waals surface area contributed by atoms with Crippen LogP contribution in [0.1, 0.15) is 5.56 Å². The molecule has 1 heterocycles. The van der Waals surface area contributed by atoms with E-state index in [1.54, 1.807) is 0 Å². The molecule has 1 aliphatic heterocycles. The van der Waals surface area contributed by atoms with Crippen LogP contribution in [-0.2, 0) is 20.6 Å². The fourth-order valence-corrected chi connectivity index (χ4v) is 3.64. The van der Waals surface area contributed by atoms with Gasteiger partial charge in [-0.25, -0.2) is 17.2 Å². The van der Waals surface area contributed by atoms with Gasteiger partial charge in [0.2, 0.25) is 0 Å². The lowest BCUT2D eigenvalue weighted by Crippen LogP contribution is -2.42. The van der Waals surface area contributed by atoms with Gasteiger partial charge in [0.05, 0.1) is 10.6 Å². The lowest BCUT2D eigenvalue weighted by molar-refractivity contribution is -0.157. The van der Waals surface area contributed by atoms with E-state index < -0.39 is 43.9 Å². The summed E-state index contributed by atoms with van der Waals surface area (Å²) in [4.78, 5) is 10.2. The normalized spacial score (nSPS) is 24.9. The third-order valence-electron chi connectivity index (χ3n) is 2.70. The number of rotatable bonds is 1. The van der Waals surface area contributed by atoms with Crippen molar-refractivity contribution in [1.82, 2.24) is 0 Å². The summed E-state index contributed by atoms with van der Waals surface area (Å²) in [6.45, 7) is 0. The van der Waals surface area contributed by atoms with Crippen molar-refractivity contribution in [3.05, 3.63) is 29.8 Å². The van der Waals surface area contributed by atoms with Crippen molar-refractivity contribution < 1.29 is 27.1 Å². The Morgan fingerprint density at radius 2 is 1.94 bits per heavy atom. The fraction of sp³-hybridized carbons (Fsp3) is 0.300. The summed E-state index contributed by atoms with van der Waals surface area (Å²) in [5, 5.41) is 8.69. The molecule has 1 atom stereocenters. The molecule has 1 unspecified atom stereocenters. The maximum absolute atomic E-state index is 13.8. The Balaban J connectivity index is 2.73. The molecular formula is C10H8F2O4S. The van der Waals surface area contributed by atoms with Crippen molar-refractivity contribution in [2.45, 2.75) is 10.8 Å². The minimum atomic E-state index is -3.97. The number of hydrogen-bond donors (Lipinski definition) is 1. The summed E-state index contributed by atoms with van der Waals surface area (Å²) in [5.74, 6) is -8.80. The SMILES string of the molecule is O=C(O)C1CS(=O)(=O)c2ccccc2C1(F)F. The van der Waals surface area contributed by atoms with E-state index in [9.17, 15) is 22.0 Å². The van der Waals surface area contributed by atoms with Crippen LogP contribution in [0.15, 0.2) is 29.2 Å². The highest BCUT2D eigenvalue weighted by molar-refractivity contribution is 7.91. The zero-order chi connectivity index (χ0) is 12.8. The quantitative estimate of drug-likeness (QED) is 0.827. The summed E-state index contributed by atoms with van der Waals surface area (Å²) in [5.41, 5.74) is -0.737. The van der Waals surface area contributed by atoms with E-state index in [1.807, 2.05) is 0 Å². The molecule has 0 radical (unpaired) electrons. The van der Waals surface area contributed by atoms with E-state index in [4.69, 9.17) is 5.11 Å². The van der Waals surface area contributed by atoms with Crippen LogP contribution in [0.4, 0.5) is 8.78 Å². The Morgan fingerprint density at radius 1 is 1.35 bits per heavy atom. The summed E-state index contributed by atoms with van der Waals surface area (Å²) in [6, 6.07) is 4.60. The summed E-state index contributed by atoms with van der Waals surface area (Å²) in [6.07, 6.45) is 0. The van der Waals surface area contributed by atoms with Crippen LogP contribution in [0.3, 0.4) is 0 Å². The molecule has 1 N–H and O–H groups in total. The molecular weight excluding hydrogens is 254 g/mol. The molecule has 1 aromatic rings. The van der Waals surface area contributed by atoms with Gasteiger partial charge in [0.25, 0.3) is 5.92 Å². The second-order valence-corrected chi connectivity index (χ2v) is 5.79. The van der Waals surface area contributed by atoms with Gasteiger partial charge in [-0.2, -0.15) is 0 Å². The van der Waals surface area contributed by atoms with Crippen LogP contribution in [0.25, 0.3) is 0 Å². The molecule has 0 spiro atoms. The topological polar surface area (TPSA) is 71.4 Å². The predicted octanol–water partition coefficient (Wildman–Crippen LogP) is 1.27. The van der Waals surface area contributed by atoms with Gasteiger partial charge < -0.3 is 5.11 Å². The van der Waals surface area contributed by atoms with Gasteiger partial charge in [-0.1, -0.05) is 18.2 Å². The molecule has 0 fully saturated rings. The highest BCUT2D eigenvalue weighted by Gasteiger charge is 2.54. The molecule has 1 aliphatic rings. The Bertz CT molecular complexity index is 580. The molecule has 92 valence electrons. The zero-order valence-electron chi connectivity index (χ0n) is 8.43. The molecule has 0 amide bonds. The predicted molar refractivity (Wildman–Crippen MR) is 53.5 cm³/mol. The highest BCUT2D eigenvalue weighted by atomic mass is 32.2. The van der Waals surface area contributed by atoms with Crippen molar-refractivity contribution in [1.29, 1.82) is 0 Å². The molecule has 4 nitrogen and oxygen atoms in total. The standard InChI is InChI=1S/C10H8F2O4S/c11-10(12)6-3-1-2-4-8(6)17(15,16)5-7(10)9(13)14/h1-4,7H,5H2,(H,13,14). The summed E-state index contributed by atoms with van der Waals surface area (Å²) >= 11 is 0. The number of hydrogen-bond acceptors (Lipinski definition) is 3. The minimum Gasteiger partial charge on any atom is -0.481 e. The molecule has 0 bridgehead atoms. The van der Waals surface area contributed by atoms with Crippen LogP contribution >= 0.6 is 0 Å². The first-order valence-corrected chi connectivity index (χ1v) is 6.35. The van der Waals surface area contributed by atoms with Gasteiger partial charge in [-0.05, 0) is 6.07 Å². The first-order chi connectivity index (χ1) is 7.77. The summed E-state index contributed by atoms with van der Waals surface area (Å²) in [7, 11) is -3.97. The van der Waals surface area contributed by atoms with Crippen molar-refractivity contribution in [2.75, 3.05) is 5.75 Å². The van der Waals surface area contributed by atoms with Crippen molar-refractivity contribution in [3.63, 3.8) is 0 Å². The minimum absolute atomic E-state index is 0.484. The Kier molecular flexibility index (Phi) is 2.46. The Morgan fingerprint density at radius 3 is 2.53 bits per heavy atom. The highest BCUT2D eigenvalue weighted by Crippen LogP contribution is 2.44. The molecule has 0 aliphatic carbocycles. The largest absolute Gasteiger partial charge is 0.481 e. The first kappa shape index (κ1) is 12.0. The molecule has 2 rings (SSSR count). The number of sulfone groups is 1. The van der Waals surface area contributed by atoms with Crippen molar-refractivity contribution in [2.24, 2.45) is 5.92 Å². The average molecular weight is 262 g/mol. The van der Waals surface area contributed by atoms with Crippen LogP contribution in [0.2, 0.25) is 0 Å². The maximum Gasteiger partial charge on any atom is 0.314 e. The smallest absolute Gasteiger partial charge is 0.314 e. The monoisotopic (exact) mass is 262 g/mol. The number of aliphatic carboxylic acids is 1. The van der Waals surface area contributed by atoms with E-state index in [1.165, 1.54) is 12.1 Å². The van der Waals surface area contributed by atoms with Crippen molar-refractivity contribution in [3.8, 4) is 0 Å². The van der Waals surface area contributed by atoms with Gasteiger partial charge in [0.1, 0.15) is 5.92 Å². The number of carbonyl (C=O) groups is 1. The molecule has 17 heavy (non-hydrogen) atoms. The molecule has 1 aromatic carbocycles. The number of carboxylic acid groups (broad SMARTS) is 1. The average Bonchev–Trinajstić information content (AvgIpc) is 2.24. The number of fused-ring (bicyclic) bond motifs is 1. The van der Waals surface area contributed by atoms with Gasteiger partial charge in [0.15, 0.2) is 9.84 Å². The second kappa shape index (κ2) is 3.49. The third-order valence-corrected chi connectivity index (χ3v) is 4.50. The van der Waals surface area contributed by atoms with Gasteiger partial charge >= 0.3 is 5.97 Å². The van der Waals surface area contributed by atoms with Crippen LogP contribution in [0, 0.1) is 5.92 Å². The van der Waals surface area contributed by atoms with E-state index in [0.29, 0.717) is 0 Å². The second-order valence-electron chi connectivity index (χ2n) is 3.79. The van der Waals surface area contributed by atoms with Gasteiger partial charge in [-0.15, -0.1) is 0 Å². The lowest BCUT2D eigenvalue weighted by atomic mass is 9.95. The molecule has 0 aromatic heterocycles.